The van der Waals surface area contributed by atoms with Crippen LogP contribution >= 0.6 is 22.7 Å². The molecular formula is C23H26N4O2S2. The Morgan fingerprint density at radius 1 is 1.26 bits per heavy atom. The first-order valence-corrected chi connectivity index (χ1v) is 12.0. The number of aromatic nitrogens is 1. The van der Waals surface area contributed by atoms with E-state index in [1.165, 1.54) is 11.3 Å². The fourth-order valence-corrected chi connectivity index (χ4v) is 5.47. The normalized spacial score (nSPS) is 19.6. The van der Waals surface area contributed by atoms with Gasteiger partial charge >= 0.3 is 0 Å². The van der Waals surface area contributed by atoms with E-state index in [1.807, 2.05) is 35.4 Å². The molecule has 2 aliphatic rings. The van der Waals surface area contributed by atoms with Crippen LogP contribution in [-0.4, -0.2) is 47.4 Å². The largest absolute Gasteiger partial charge is 0.336 e. The number of thiophene rings is 1. The van der Waals surface area contributed by atoms with E-state index in [9.17, 15) is 9.59 Å². The topological polar surface area (TPSA) is 74.3 Å². The van der Waals surface area contributed by atoms with Crippen molar-refractivity contribution >= 4 is 45.1 Å². The maximum atomic E-state index is 12.8. The highest BCUT2D eigenvalue weighted by atomic mass is 32.1. The van der Waals surface area contributed by atoms with Gasteiger partial charge in [-0.1, -0.05) is 30.9 Å². The molecule has 162 valence electrons. The van der Waals surface area contributed by atoms with Gasteiger partial charge < -0.3 is 15.5 Å². The van der Waals surface area contributed by atoms with Gasteiger partial charge in [-0.25, -0.2) is 4.98 Å². The first-order chi connectivity index (χ1) is 15.0. The van der Waals surface area contributed by atoms with Crippen LogP contribution in [0.5, 0.6) is 0 Å². The van der Waals surface area contributed by atoms with Gasteiger partial charge in [0.15, 0.2) is 0 Å². The van der Waals surface area contributed by atoms with Crippen LogP contribution in [0.1, 0.15) is 45.2 Å². The molecule has 0 spiro atoms. The van der Waals surface area contributed by atoms with E-state index >= 15 is 0 Å². The van der Waals surface area contributed by atoms with Gasteiger partial charge in [0.05, 0.1) is 25.8 Å². The number of anilines is 1. The second-order valence-corrected chi connectivity index (χ2v) is 9.89. The number of thiazole rings is 1. The fourth-order valence-electron chi connectivity index (χ4n) is 3.61. The molecule has 2 N–H and O–H groups in total. The highest BCUT2D eigenvalue weighted by Crippen LogP contribution is 2.34. The Morgan fingerprint density at radius 2 is 2.10 bits per heavy atom. The summed E-state index contributed by atoms with van der Waals surface area (Å²) in [5.41, 5.74) is 1.16. The maximum Gasteiger partial charge on any atom is 0.264 e. The molecule has 31 heavy (non-hydrogen) atoms. The summed E-state index contributed by atoms with van der Waals surface area (Å²) in [5, 5.41) is 7.90. The highest BCUT2D eigenvalue weighted by molar-refractivity contribution is 7.18. The summed E-state index contributed by atoms with van der Waals surface area (Å²) in [6.45, 7) is 7.97. The summed E-state index contributed by atoms with van der Waals surface area (Å²) in [4.78, 5) is 33.2. The van der Waals surface area contributed by atoms with Crippen molar-refractivity contribution in [1.82, 2.24) is 15.2 Å². The molecule has 0 aromatic carbocycles. The molecule has 1 unspecified atom stereocenters. The SMILES string of the molecule is C=C/C=C\C=C(/C)c1cnc(C2CN(C(=O)c3ccc(NC(=O)C4CCCN4)s3)C2)s1. The van der Waals surface area contributed by atoms with Crippen LogP contribution in [0.15, 0.2) is 49.2 Å². The van der Waals surface area contributed by atoms with Crippen LogP contribution in [0.3, 0.4) is 0 Å². The van der Waals surface area contributed by atoms with Crippen molar-refractivity contribution in [2.45, 2.75) is 31.7 Å². The van der Waals surface area contributed by atoms with E-state index in [-0.39, 0.29) is 23.8 Å². The number of hydrogen-bond donors (Lipinski definition) is 2. The maximum absolute atomic E-state index is 12.8. The zero-order valence-corrected chi connectivity index (χ0v) is 19.1. The number of carbonyl (C=O) groups excluding carboxylic acids is 2. The number of carbonyl (C=O) groups is 2. The van der Waals surface area contributed by atoms with Crippen molar-refractivity contribution in [3.05, 3.63) is 64.0 Å². The van der Waals surface area contributed by atoms with Gasteiger partial charge in [0, 0.05) is 25.2 Å². The number of allylic oxidation sites excluding steroid dienone is 5. The van der Waals surface area contributed by atoms with Gasteiger partial charge in [0.25, 0.3) is 5.91 Å². The van der Waals surface area contributed by atoms with Crippen LogP contribution in [0.4, 0.5) is 5.00 Å². The molecule has 1 atom stereocenters. The minimum absolute atomic E-state index is 0.0168. The third-order valence-corrected chi connectivity index (χ3v) is 7.75. The molecule has 0 bridgehead atoms. The number of amides is 2. The van der Waals surface area contributed by atoms with Crippen LogP contribution in [-0.2, 0) is 4.79 Å². The Morgan fingerprint density at radius 3 is 2.84 bits per heavy atom. The van der Waals surface area contributed by atoms with E-state index in [0.717, 1.165) is 39.8 Å². The summed E-state index contributed by atoms with van der Waals surface area (Å²) in [6.07, 6.45) is 11.4. The molecule has 0 aliphatic carbocycles. The van der Waals surface area contributed by atoms with E-state index in [2.05, 4.69) is 29.1 Å². The molecule has 2 aromatic heterocycles. The summed E-state index contributed by atoms with van der Waals surface area (Å²) < 4.78 is 0. The monoisotopic (exact) mass is 454 g/mol. The van der Waals surface area contributed by atoms with E-state index < -0.39 is 0 Å². The number of nitrogens with one attached hydrogen (secondary N) is 2. The number of hydrogen-bond acceptors (Lipinski definition) is 6. The molecule has 6 nitrogen and oxygen atoms in total. The smallest absolute Gasteiger partial charge is 0.264 e. The van der Waals surface area contributed by atoms with E-state index in [4.69, 9.17) is 0 Å². The quantitative estimate of drug-likeness (QED) is 0.613. The third kappa shape index (κ3) is 5.03. The van der Waals surface area contributed by atoms with E-state index in [1.54, 1.807) is 23.5 Å². The van der Waals surface area contributed by atoms with Crippen molar-refractivity contribution in [1.29, 1.82) is 0 Å². The summed E-state index contributed by atoms with van der Waals surface area (Å²) in [7, 11) is 0. The molecule has 2 amide bonds. The molecular weight excluding hydrogens is 428 g/mol. The van der Waals surface area contributed by atoms with Gasteiger partial charge in [-0.3, -0.25) is 9.59 Å². The summed E-state index contributed by atoms with van der Waals surface area (Å²) >= 11 is 3.02. The molecule has 0 radical (unpaired) electrons. The standard InChI is InChI=1S/C23H26N4O2S2/c1-3-4-5-7-15(2)19-12-25-22(31-19)16-13-27(14-16)23(29)18-9-10-20(30-18)26-21(28)17-8-6-11-24-17/h3-5,7,9-10,12,16-17,24H,1,6,8,11,13-14H2,2H3,(H,26,28)/b5-4-,15-7+. The zero-order chi connectivity index (χ0) is 21.8. The third-order valence-electron chi connectivity index (χ3n) is 5.46. The lowest BCUT2D eigenvalue weighted by molar-refractivity contribution is -0.117. The Labute approximate surface area is 190 Å². The second-order valence-electron chi connectivity index (χ2n) is 7.74. The van der Waals surface area contributed by atoms with Gasteiger partial charge in [-0.15, -0.1) is 22.7 Å². The molecule has 0 saturated carbocycles. The van der Waals surface area contributed by atoms with Crippen molar-refractivity contribution in [2.24, 2.45) is 0 Å². The molecule has 4 rings (SSSR count). The van der Waals surface area contributed by atoms with Crippen LogP contribution < -0.4 is 10.6 Å². The Bertz CT molecular complexity index is 1020. The van der Waals surface area contributed by atoms with Gasteiger partial charge in [-0.05, 0) is 44.0 Å². The van der Waals surface area contributed by atoms with Crippen molar-refractivity contribution < 1.29 is 9.59 Å². The lowest BCUT2D eigenvalue weighted by Crippen LogP contribution is -2.48. The minimum Gasteiger partial charge on any atom is -0.336 e. The Kier molecular flexibility index (Phi) is 6.80. The molecule has 4 heterocycles. The van der Waals surface area contributed by atoms with Crippen LogP contribution in [0.25, 0.3) is 5.57 Å². The second kappa shape index (κ2) is 9.72. The molecule has 2 fully saturated rings. The summed E-state index contributed by atoms with van der Waals surface area (Å²) in [5.74, 6) is 0.279. The predicted molar refractivity (Wildman–Crippen MR) is 128 cm³/mol. The summed E-state index contributed by atoms with van der Waals surface area (Å²) in [6, 6.07) is 3.48. The predicted octanol–water partition coefficient (Wildman–Crippen LogP) is 4.28. The minimum atomic E-state index is -0.128. The number of likely N-dealkylation sites (tertiary alicyclic amines) is 1. The zero-order valence-electron chi connectivity index (χ0n) is 17.5. The van der Waals surface area contributed by atoms with Crippen molar-refractivity contribution in [2.75, 3.05) is 25.0 Å². The molecule has 2 aliphatic heterocycles. The van der Waals surface area contributed by atoms with Crippen molar-refractivity contribution in [3.8, 4) is 0 Å². The first kappa shape index (κ1) is 21.7. The average Bonchev–Trinajstić information content (AvgIpc) is 3.48. The molecule has 2 aromatic rings. The Balaban J connectivity index is 1.30. The van der Waals surface area contributed by atoms with Gasteiger partial charge in [0.2, 0.25) is 5.91 Å². The highest BCUT2D eigenvalue weighted by Gasteiger charge is 2.35. The van der Waals surface area contributed by atoms with Crippen molar-refractivity contribution in [3.63, 3.8) is 0 Å². The van der Waals surface area contributed by atoms with Gasteiger partial charge in [-0.2, -0.15) is 0 Å². The first-order valence-electron chi connectivity index (χ1n) is 10.4. The lowest BCUT2D eigenvalue weighted by atomic mass is 10.0. The molecule has 8 heteroatoms. The van der Waals surface area contributed by atoms with E-state index in [0.29, 0.717) is 18.0 Å². The lowest BCUT2D eigenvalue weighted by Gasteiger charge is -2.37. The average molecular weight is 455 g/mol. The fraction of sp³-hybridized carbons (Fsp3) is 0.348. The Hall–Kier alpha value is -2.55. The van der Waals surface area contributed by atoms with Crippen LogP contribution in [0.2, 0.25) is 0 Å². The molecule has 2 saturated heterocycles. The van der Waals surface area contributed by atoms with Gasteiger partial charge in [0.1, 0.15) is 0 Å². The number of nitrogens with zero attached hydrogens (tertiary/aromatic N) is 2. The van der Waals surface area contributed by atoms with Crippen LogP contribution in [0, 0.1) is 0 Å². The number of rotatable bonds is 7.